The van der Waals surface area contributed by atoms with Crippen molar-refractivity contribution in [3.63, 3.8) is 0 Å². The first-order valence-electron chi connectivity index (χ1n) is 10.6. The van der Waals surface area contributed by atoms with Gasteiger partial charge in [0, 0.05) is 25.7 Å². The van der Waals surface area contributed by atoms with Crippen LogP contribution >= 0.6 is 0 Å². The molecule has 0 aromatic rings. The third-order valence-corrected chi connectivity index (χ3v) is 6.61. The van der Waals surface area contributed by atoms with Gasteiger partial charge in [0.25, 0.3) is 0 Å². The lowest BCUT2D eigenvalue weighted by atomic mass is 9.98. The zero-order valence-corrected chi connectivity index (χ0v) is 17.7. The van der Waals surface area contributed by atoms with E-state index in [1.807, 2.05) is 6.92 Å². The molecule has 0 radical (unpaired) electrons. The maximum Gasteiger partial charge on any atom is 0.235 e. The average Bonchev–Trinajstić information content (AvgIpc) is 3.55. The van der Waals surface area contributed by atoms with Gasteiger partial charge < -0.3 is 10.6 Å². The lowest BCUT2D eigenvalue weighted by molar-refractivity contribution is -0.127. The van der Waals surface area contributed by atoms with E-state index in [2.05, 4.69) is 32.6 Å². The van der Waals surface area contributed by atoms with Crippen molar-refractivity contribution < 1.29 is 9.59 Å². The van der Waals surface area contributed by atoms with E-state index in [1.54, 1.807) is 13.8 Å². The second-order valence-electron chi connectivity index (χ2n) is 9.33. The van der Waals surface area contributed by atoms with Crippen molar-refractivity contribution in [3.8, 4) is 12.1 Å². The SMILES string of the molecule is CC1CN(CC(=O)NC(C)(C#N)C2CC2)CCN1CC(=O)NC(C)(C#N)C1CC1. The fourth-order valence-electron chi connectivity index (χ4n) is 4.26. The second kappa shape index (κ2) is 8.30. The van der Waals surface area contributed by atoms with Crippen molar-refractivity contribution in [3.05, 3.63) is 0 Å². The van der Waals surface area contributed by atoms with E-state index in [-0.39, 0.29) is 42.8 Å². The van der Waals surface area contributed by atoms with Gasteiger partial charge in [0.2, 0.25) is 11.8 Å². The summed E-state index contributed by atoms with van der Waals surface area (Å²) < 4.78 is 0. The molecule has 0 aromatic heterocycles. The highest BCUT2D eigenvalue weighted by molar-refractivity contribution is 5.80. The molecular weight excluding hydrogens is 368 g/mol. The second-order valence-corrected chi connectivity index (χ2v) is 9.33. The largest absolute Gasteiger partial charge is 0.337 e. The highest BCUT2D eigenvalue weighted by Crippen LogP contribution is 2.39. The smallest absolute Gasteiger partial charge is 0.235 e. The van der Waals surface area contributed by atoms with Crippen molar-refractivity contribution in [1.29, 1.82) is 10.5 Å². The number of carbonyl (C=O) groups excluding carboxylic acids is 2. The van der Waals surface area contributed by atoms with Crippen LogP contribution in [0.5, 0.6) is 0 Å². The van der Waals surface area contributed by atoms with Crippen LogP contribution in [-0.2, 0) is 9.59 Å². The summed E-state index contributed by atoms with van der Waals surface area (Å²) in [6, 6.07) is 4.64. The van der Waals surface area contributed by atoms with Crippen LogP contribution in [0.4, 0.5) is 0 Å². The Morgan fingerprint density at radius 1 is 0.931 bits per heavy atom. The molecular formula is C21H32N6O2. The minimum Gasteiger partial charge on any atom is -0.337 e. The number of rotatable bonds is 8. The number of hydrogen-bond donors (Lipinski definition) is 2. The number of nitriles is 2. The summed E-state index contributed by atoms with van der Waals surface area (Å²) in [7, 11) is 0. The molecule has 8 nitrogen and oxygen atoms in total. The minimum atomic E-state index is -0.769. The first-order valence-corrected chi connectivity index (χ1v) is 10.6. The number of carbonyl (C=O) groups is 2. The summed E-state index contributed by atoms with van der Waals surface area (Å²) in [6.45, 7) is 8.25. The van der Waals surface area contributed by atoms with Crippen molar-refractivity contribution in [2.45, 2.75) is 63.6 Å². The Morgan fingerprint density at radius 2 is 1.41 bits per heavy atom. The lowest BCUT2D eigenvalue weighted by Gasteiger charge is -2.39. The summed E-state index contributed by atoms with van der Waals surface area (Å²) in [5.41, 5.74) is -1.53. The summed E-state index contributed by atoms with van der Waals surface area (Å²) in [5.74, 6) is 0.293. The van der Waals surface area contributed by atoms with Crippen molar-refractivity contribution in [2.24, 2.45) is 11.8 Å². The predicted octanol–water partition coefficient (Wildman–Crippen LogP) is 0.609. The Bertz CT molecular complexity index is 734. The molecule has 1 aliphatic heterocycles. The van der Waals surface area contributed by atoms with E-state index in [0.717, 1.165) is 25.7 Å². The van der Waals surface area contributed by atoms with Gasteiger partial charge in [0.05, 0.1) is 25.2 Å². The van der Waals surface area contributed by atoms with E-state index < -0.39 is 11.1 Å². The Balaban J connectivity index is 1.44. The molecule has 2 amide bonds. The molecule has 3 atom stereocenters. The fraction of sp³-hybridized carbons (Fsp3) is 0.810. The van der Waals surface area contributed by atoms with Gasteiger partial charge in [-0.05, 0) is 58.3 Å². The Hall–Kier alpha value is -2.16. The van der Waals surface area contributed by atoms with Gasteiger partial charge in [-0.3, -0.25) is 19.4 Å². The molecule has 29 heavy (non-hydrogen) atoms. The van der Waals surface area contributed by atoms with Crippen LogP contribution in [0.3, 0.4) is 0 Å². The summed E-state index contributed by atoms with van der Waals surface area (Å²) in [6.07, 6.45) is 3.97. The lowest BCUT2D eigenvalue weighted by Crippen LogP contribution is -2.58. The quantitative estimate of drug-likeness (QED) is 0.617. The van der Waals surface area contributed by atoms with Gasteiger partial charge in [-0.2, -0.15) is 10.5 Å². The van der Waals surface area contributed by atoms with Crippen molar-refractivity contribution in [2.75, 3.05) is 32.7 Å². The van der Waals surface area contributed by atoms with Gasteiger partial charge in [-0.15, -0.1) is 0 Å². The molecule has 0 aromatic carbocycles. The number of nitrogens with zero attached hydrogens (tertiary/aromatic N) is 4. The summed E-state index contributed by atoms with van der Waals surface area (Å²) in [4.78, 5) is 29.1. The summed E-state index contributed by atoms with van der Waals surface area (Å²) >= 11 is 0. The molecule has 2 saturated carbocycles. The molecule has 2 N–H and O–H groups in total. The molecule has 3 rings (SSSR count). The number of hydrogen-bond acceptors (Lipinski definition) is 6. The number of piperazine rings is 1. The van der Waals surface area contributed by atoms with Crippen LogP contribution < -0.4 is 10.6 Å². The molecule has 0 spiro atoms. The predicted molar refractivity (Wildman–Crippen MR) is 107 cm³/mol. The van der Waals surface area contributed by atoms with E-state index >= 15 is 0 Å². The van der Waals surface area contributed by atoms with Crippen LogP contribution in [-0.4, -0.2) is 71.5 Å². The molecule has 0 bridgehead atoms. The highest BCUT2D eigenvalue weighted by atomic mass is 16.2. The number of amides is 2. The molecule has 1 heterocycles. The van der Waals surface area contributed by atoms with Gasteiger partial charge in [-0.1, -0.05) is 0 Å². The maximum atomic E-state index is 12.5. The van der Waals surface area contributed by atoms with Crippen LogP contribution in [0.1, 0.15) is 46.5 Å². The molecule has 3 unspecified atom stereocenters. The van der Waals surface area contributed by atoms with Crippen LogP contribution in [0.25, 0.3) is 0 Å². The Morgan fingerprint density at radius 3 is 1.83 bits per heavy atom. The van der Waals surface area contributed by atoms with Crippen molar-refractivity contribution in [1.82, 2.24) is 20.4 Å². The van der Waals surface area contributed by atoms with Gasteiger partial charge in [0.1, 0.15) is 11.1 Å². The minimum absolute atomic E-state index is 0.117. The van der Waals surface area contributed by atoms with E-state index in [0.29, 0.717) is 19.6 Å². The average molecular weight is 401 g/mol. The summed E-state index contributed by atoms with van der Waals surface area (Å²) in [5, 5.41) is 24.6. The van der Waals surface area contributed by atoms with Crippen LogP contribution in [0, 0.1) is 34.5 Å². The normalized spacial score (nSPS) is 27.0. The highest BCUT2D eigenvalue weighted by Gasteiger charge is 2.44. The molecule has 158 valence electrons. The van der Waals surface area contributed by atoms with Gasteiger partial charge in [0.15, 0.2) is 0 Å². The van der Waals surface area contributed by atoms with Crippen LogP contribution in [0.15, 0.2) is 0 Å². The number of nitrogens with one attached hydrogen (secondary N) is 2. The first kappa shape index (κ1) is 21.5. The zero-order chi connectivity index (χ0) is 21.2. The first-order chi connectivity index (χ1) is 13.7. The topological polar surface area (TPSA) is 112 Å². The maximum absolute atomic E-state index is 12.5. The zero-order valence-electron chi connectivity index (χ0n) is 17.7. The van der Waals surface area contributed by atoms with Crippen molar-refractivity contribution >= 4 is 11.8 Å². The van der Waals surface area contributed by atoms with Gasteiger partial charge >= 0.3 is 0 Å². The third-order valence-electron chi connectivity index (χ3n) is 6.61. The van der Waals surface area contributed by atoms with Crippen LogP contribution in [0.2, 0.25) is 0 Å². The van der Waals surface area contributed by atoms with Gasteiger partial charge in [-0.25, -0.2) is 0 Å². The Labute approximate surface area is 173 Å². The third kappa shape index (κ3) is 5.26. The molecule has 8 heteroatoms. The standard InChI is InChI=1S/C21H32N6O2/c1-15-10-26(11-18(28)24-20(2,13-22)16-4-5-16)8-9-27(15)12-19(29)25-21(3,14-23)17-6-7-17/h15-17H,4-12H2,1-3H3,(H,24,28)(H,25,29). The van der Waals surface area contributed by atoms with E-state index in [9.17, 15) is 20.1 Å². The molecule has 3 aliphatic rings. The fourth-order valence-corrected chi connectivity index (χ4v) is 4.26. The monoisotopic (exact) mass is 400 g/mol. The van der Waals surface area contributed by atoms with E-state index in [4.69, 9.17) is 0 Å². The Kier molecular flexibility index (Phi) is 6.16. The molecule has 3 fully saturated rings. The molecule has 1 saturated heterocycles. The van der Waals surface area contributed by atoms with E-state index in [1.165, 1.54) is 0 Å². The molecule has 2 aliphatic carbocycles.